The van der Waals surface area contributed by atoms with Gasteiger partial charge in [-0.05, 0) is 38.2 Å². The van der Waals surface area contributed by atoms with E-state index in [1.165, 1.54) is 11.3 Å². The SMILES string of the molecule is CCOC(=O)c1c(NC(=O)CN2CCOCC2)sc2c1CCCCC2. The topological polar surface area (TPSA) is 67.9 Å². The van der Waals surface area contributed by atoms with E-state index in [1.54, 1.807) is 18.3 Å². The predicted molar refractivity (Wildman–Crippen MR) is 97.4 cm³/mol. The fraction of sp³-hybridized carbons (Fsp3) is 0.667. The number of morpholine rings is 1. The third kappa shape index (κ3) is 4.59. The van der Waals surface area contributed by atoms with Crippen molar-refractivity contribution in [3.63, 3.8) is 0 Å². The van der Waals surface area contributed by atoms with Gasteiger partial charge in [0.05, 0.1) is 31.9 Å². The van der Waals surface area contributed by atoms with Crippen molar-refractivity contribution >= 4 is 28.2 Å². The molecule has 1 aromatic heterocycles. The summed E-state index contributed by atoms with van der Waals surface area (Å²) < 4.78 is 10.6. The maximum Gasteiger partial charge on any atom is 0.341 e. The highest BCUT2D eigenvalue weighted by molar-refractivity contribution is 7.17. The Kier molecular flexibility index (Phi) is 6.45. The van der Waals surface area contributed by atoms with Gasteiger partial charge in [-0.1, -0.05) is 6.42 Å². The van der Waals surface area contributed by atoms with Crippen LogP contribution in [0.25, 0.3) is 0 Å². The molecule has 2 aliphatic rings. The van der Waals surface area contributed by atoms with Crippen LogP contribution in [0.5, 0.6) is 0 Å². The van der Waals surface area contributed by atoms with Crippen molar-refractivity contribution in [2.75, 3.05) is 44.8 Å². The summed E-state index contributed by atoms with van der Waals surface area (Å²) in [5.41, 5.74) is 1.67. The van der Waals surface area contributed by atoms with Crippen LogP contribution in [0.1, 0.15) is 47.0 Å². The van der Waals surface area contributed by atoms with Crippen LogP contribution in [0.2, 0.25) is 0 Å². The van der Waals surface area contributed by atoms with Crippen molar-refractivity contribution < 1.29 is 19.1 Å². The predicted octanol–water partition coefficient (Wildman–Crippen LogP) is 2.46. The van der Waals surface area contributed by atoms with Gasteiger partial charge < -0.3 is 14.8 Å². The number of carbonyl (C=O) groups excluding carboxylic acids is 2. The lowest BCUT2D eigenvalue weighted by atomic mass is 10.1. The number of nitrogens with zero attached hydrogens (tertiary/aromatic N) is 1. The Morgan fingerprint density at radius 1 is 1.20 bits per heavy atom. The molecule has 6 nitrogen and oxygen atoms in total. The average Bonchev–Trinajstić information content (AvgIpc) is 2.77. The first-order valence-corrected chi connectivity index (χ1v) is 9.92. The zero-order valence-corrected chi connectivity index (χ0v) is 15.6. The molecule has 0 unspecified atom stereocenters. The van der Waals surface area contributed by atoms with Crippen LogP contribution in [0, 0.1) is 0 Å². The zero-order chi connectivity index (χ0) is 17.6. The molecule has 138 valence electrons. The molecule has 0 radical (unpaired) electrons. The summed E-state index contributed by atoms with van der Waals surface area (Å²) in [7, 11) is 0. The summed E-state index contributed by atoms with van der Waals surface area (Å²) in [6.45, 7) is 5.32. The van der Waals surface area contributed by atoms with Gasteiger partial charge in [0.15, 0.2) is 0 Å². The van der Waals surface area contributed by atoms with Gasteiger partial charge in [-0.15, -0.1) is 11.3 Å². The van der Waals surface area contributed by atoms with E-state index in [0.717, 1.165) is 44.3 Å². The van der Waals surface area contributed by atoms with E-state index in [2.05, 4.69) is 10.2 Å². The van der Waals surface area contributed by atoms with Crippen molar-refractivity contribution in [1.82, 2.24) is 4.90 Å². The van der Waals surface area contributed by atoms with Crippen LogP contribution in [0.4, 0.5) is 5.00 Å². The second-order valence-electron chi connectivity index (χ2n) is 6.43. The number of carbonyl (C=O) groups is 2. The van der Waals surface area contributed by atoms with Gasteiger partial charge in [-0.2, -0.15) is 0 Å². The molecule has 0 bridgehead atoms. The van der Waals surface area contributed by atoms with Gasteiger partial charge >= 0.3 is 5.97 Å². The van der Waals surface area contributed by atoms with E-state index in [-0.39, 0.29) is 11.9 Å². The normalized spacial score (nSPS) is 18.3. The first-order valence-electron chi connectivity index (χ1n) is 9.10. The Bertz CT molecular complexity index is 623. The van der Waals surface area contributed by atoms with Crippen LogP contribution in [0.15, 0.2) is 0 Å². The van der Waals surface area contributed by atoms with E-state index in [1.807, 2.05) is 0 Å². The summed E-state index contributed by atoms with van der Waals surface area (Å²) in [5.74, 6) is -0.396. The second-order valence-corrected chi connectivity index (χ2v) is 7.53. The van der Waals surface area contributed by atoms with Gasteiger partial charge in [-0.3, -0.25) is 9.69 Å². The molecule has 1 amide bonds. The number of nitrogens with one attached hydrogen (secondary N) is 1. The first-order chi connectivity index (χ1) is 12.2. The molecule has 7 heteroatoms. The van der Waals surface area contributed by atoms with E-state index < -0.39 is 0 Å². The minimum atomic E-state index is -0.316. The minimum absolute atomic E-state index is 0.0798. The number of esters is 1. The number of amides is 1. The van der Waals surface area contributed by atoms with E-state index in [4.69, 9.17) is 9.47 Å². The molecule has 0 aromatic carbocycles. The minimum Gasteiger partial charge on any atom is -0.462 e. The number of hydrogen-bond donors (Lipinski definition) is 1. The number of hydrogen-bond acceptors (Lipinski definition) is 6. The molecule has 25 heavy (non-hydrogen) atoms. The number of rotatable bonds is 5. The second kappa shape index (κ2) is 8.78. The largest absolute Gasteiger partial charge is 0.462 e. The van der Waals surface area contributed by atoms with Crippen LogP contribution in [-0.4, -0.2) is 56.2 Å². The lowest BCUT2D eigenvalue weighted by Gasteiger charge is -2.25. The van der Waals surface area contributed by atoms with Crippen LogP contribution >= 0.6 is 11.3 Å². The highest BCUT2D eigenvalue weighted by Crippen LogP contribution is 2.38. The number of ether oxygens (including phenoxy) is 2. The molecule has 1 N–H and O–H groups in total. The molecule has 1 saturated heterocycles. The zero-order valence-electron chi connectivity index (χ0n) is 14.8. The lowest BCUT2D eigenvalue weighted by Crippen LogP contribution is -2.41. The summed E-state index contributed by atoms with van der Waals surface area (Å²) in [6.07, 6.45) is 5.27. The van der Waals surface area contributed by atoms with Gasteiger partial charge in [0, 0.05) is 18.0 Å². The molecule has 1 aromatic rings. The van der Waals surface area contributed by atoms with Crippen molar-refractivity contribution in [1.29, 1.82) is 0 Å². The maximum atomic E-state index is 12.5. The van der Waals surface area contributed by atoms with Gasteiger partial charge in [-0.25, -0.2) is 4.79 Å². The number of anilines is 1. The Morgan fingerprint density at radius 2 is 1.96 bits per heavy atom. The fourth-order valence-electron chi connectivity index (χ4n) is 3.38. The summed E-state index contributed by atoms with van der Waals surface area (Å²) in [5, 5.41) is 3.63. The Balaban J connectivity index is 1.77. The third-order valence-corrected chi connectivity index (χ3v) is 5.83. The molecule has 1 aliphatic carbocycles. The van der Waals surface area contributed by atoms with Gasteiger partial charge in [0.1, 0.15) is 5.00 Å². The quantitative estimate of drug-likeness (QED) is 0.640. The fourth-order valence-corrected chi connectivity index (χ4v) is 4.67. The molecule has 1 fully saturated rings. The Hall–Kier alpha value is -1.44. The summed E-state index contributed by atoms with van der Waals surface area (Å²) in [4.78, 5) is 28.2. The lowest BCUT2D eigenvalue weighted by molar-refractivity contribution is -0.118. The van der Waals surface area contributed by atoms with Crippen LogP contribution in [-0.2, 0) is 27.1 Å². The molecular weight excluding hydrogens is 340 g/mol. The number of aryl methyl sites for hydroxylation is 1. The smallest absolute Gasteiger partial charge is 0.341 e. The molecule has 0 atom stereocenters. The molecular formula is C18H26N2O4S. The Labute approximate surface area is 152 Å². The van der Waals surface area contributed by atoms with Gasteiger partial charge in [0.2, 0.25) is 5.91 Å². The molecule has 0 spiro atoms. The first kappa shape index (κ1) is 18.4. The monoisotopic (exact) mass is 366 g/mol. The maximum absolute atomic E-state index is 12.5. The molecule has 0 saturated carbocycles. The standard InChI is InChI=1S/C18H26N2O4S/c1-2-24-18(22)16-13-6-4-3-5-7-14(13)25-17(16)19-15(21)12-20-8-10-23-11-9-20/h2-12H2,1H3,(H,19,21). The van der Waals surface area contributed by atoms with Crippen LogP contribution in [0.3, 0.4) is 0 Å². The summed E-state index contributed by atoms with van der Waals surface area (Å²) in [6, 6.07) is 0. The summed E-state index contributed by atoms with van der Waals surface area (Å²) >= 11 is 1.54. The van der Waals surface area contributed by atoms with Crippen LogP contribution < -0.4 is 5.32 Å². The highest BCUT2D eigenvalue weighted by Gasteiger charge is 2.27. The molecule has 2 heterocycles. The van der Waals surface area contributed by atoms with E-state index >= 15 is 0 Å². The Morgan fingerprint density at radius 3 is 2.72 bits per heavy atom. The van der Waals surface area contributed by atoms with E-state index in [9.17, 15) is 9.59 Å². The van der Waals surface area contributed by atoms with Crippen molar-refractivity contribution in [2.24, 2.45) is 0 Å². The van der Waals surface area contributed by atoms with Crippen molar-refractivity contribution in [2.45, 2.75) is 39.0 Å². The molecule has 3 rings (SSSR count). The highest BCUT2D eigenvalue weighted by atomic mass is 32.1. The number of thiophene rings is 1. The van der Waals surface area contributed by atoms with Gasteiger partial charge in [0.25, 0.3) is 0 Å². The van der Waals surface area contributed by atoms with Crippen molar-refractivity contribution in [3.8, 4) is 0 Å². The third-order valence-electron chi connectivity index (χ3n) is 4.62. The molecule has 1 aliphatic heterocycles. The van der Waals surface area contributed by atoms with E-state index in [0.29, 0.717) is 36.9 Å². The van der Waals surface area contributed by atoms with Crippen molar-refractivity contribution in [3.05, 3.63) is 16.0 Å². The number of fused-ring (bicyclic) bond motifs is 1. The average molecular weight is 366 g/mol.